The Balaban J connectivity index is 2.48. The van der Waals surface area contributed by atoms with Crippen LogP contribution in [-0.4, -0.2) is 20.4 Å². The van der Waals surface area contributed by atoms with E-state index in [0.29, 0.717) is 11.1 Å². The van der Waals surface area contributed by atoms with Crippen molar-refractivity contribution in [1.82, 2.24) is 0 Å². The fraction of sp³-hybridized carbons (Fsp3) is 0.400. The lowest BCUT2D eigenvalue weighted by Crippen LogP contribution is -2.18. The normalized spacial score (nSPS) is 14.4. The molecule has 0 saturated carbocycles. The van der Waals surface area contributed by atoms with Gasteiger partial charge in [-0.15, -0.1) is 0 Å². The van der Waals surface area contributed by atoms with Gasteiger partial charge in [0.05, 0.1) is 0 Å². The SMILES string of the molecule is OC(O)c1ccc(C(O)O)c2c1CC2. The fourth-order valence-electron chi connectivity index (χ4n) is 1.88. The molecule has 1 aliphatic rings. The molecule has 4 nitrogen and oxygen atoms in total. The molecule has 0 atom stereocenters. The van der Waals surface area contributed by atoms with Crippen molar-refractivity contribution < 1.29 is 20.4 Å². The van der Waals surface area contributed by atoms with E-state index >= 15 is 0 Å². The van der Waals surface area contributed by atoms with Crippen LogP contribution in [0.5, 0.6) is 0 Å². The van der Waals surface area contributed by atoms with Gasteiger partial charge in [-0.05, 0) is 24.0 Å². The van der Waals surface area contributed by atoms with E-state index in [2.05, 4.69) is 0 Å². The van der Waals surface area contributed by atoms with Crippen LogP contribution in [0.3, 0.4) is 0 Å². The van der Waals surface area contributed by atoms with Gasteiger partial charge in [-0.25, -0.2) is 0 Å². The quantitative estimate of drug-likeness (QED) is 0.492. The summed E-state index contributed by atoms with van der Waals surface area (Å²) in [6, 6.07) is 3.05. The molecule has 0 aliphatic heterocycles. The van der Waals surface area contributed by atoms with Gasteiger partial charge in [0.25, 0.3) is 0 Å². The largest absolute Gasteiger partial charge is 0.364 e. The second-order valence-corrected chi connectivity index (χ2v) is 3.45. The molecule has 0 amide bonds. The molecule has 0 spiro atoms. The minimum Gasteiger partial charge on any atom is -0.364 e. The first-order chi connectivity index (χ1) is 6.61. The third-order valence-electron chi connectivity index (χ3n) is 2.68. The Morgan fingerprint density at radius 2 is 1.14 bits per heavy atom. The summed E-state index contributed by atoms with van der Waals surface area (Å²) in [5.41, 5.74) is 2.61. The molecular weight excluding hydrogens is 184 g/mol. The summed E-state index contributed by atoms with van der Waals surface area (Å²) >= 11 is 0. The van der Waals surface area contributed by atoms with Crippen LogP contribution in [0.1, 0.15) is 34.8 Å². The van der Waals surface area contributed by atoms with Crippen molar-refractivity contribution in [3.05, 3.63) is 34.4 Å². The Hall–Kier alpha value is -0.940. The van der Waals surface area contributed by atoms with E-state index in [1.165, 1.54) is 12.1 Å². The summed E-state index contributed by atoms with van der Waals surface area (Å²) in [5, 5.41) is 36.1. The zero-order valence-corrected chi connectivity index (χ0v) is 7.51. The summed E-state index contributed by atoms with van der Waals surface area (Å²) in [5.74, 6) is 0. The van der Waals surface area contributed by atoms with Gasteiger partial charge in [-0.1, -0.05) is 12.1 Å². The molecule has 14 heavy (non-hydrogen) atoms. The summed E-state index contributed by atoms with van der Waals surface area (Å²) in [6.07, 6.45) is -1.42. The molecule has 0 saturated heterocycles. The van der Waals surface area contributed by atoms with Crippen LogP contribution in [0.2, 0.25) is 0 Å². The summed E-state index contributed by atoms with van der Waals surface area (Å²) in [4.78, 5) is 0. The maximum absolute atomic E-state index is 9.02. The topological polar surface area (TPSA) is 80.9 Å². The average Bonchev–Trinajstić information content (AvgIpc) is 2.04. The molecule has 0 bridgehead atoms. The van der Waals surface area contributed by atoms with Crippen LogP contribution in [-0.2, 0) is 12.8 Å². The van der Waals surface area contributed by atoms with E-state index in [4.69, 9.17) is 20.4 Å². The molecule has 0 heterocycles. The number of aliphatic hydroxyl groups is 4. The molecule has 2 rings (SSSR count). The summed E-state index contributed by atoms with van der Waals surface area (Å²) in [7, 11) is 0. The lowest BCUT2D eigenvalue weighted by atomic mass is 9.81. The zero-order chi connectivity index (χ0) is 10.3. The highest BCUT2D eigenvalue weighted by Gasteiger charge is 2.25. The Labute approximate surface area is 81.1 Å². The Morgan fingerprint density at radius 3 is 1.36 bits per heavy atom. The van der Waals surface area contributed by atoms with Gasteiger partial charge in [-0.2, -0.15) is 0 Å². The van der Waals surface area contributed by atoms with Crippen molar-refractivity contribution in [3.8, 4) is 0 Å². The maximum atomic E-state index is 9.02. The van der Waals surface area contributed by atoms with Gasteiger partial charge < -0.3 is 20.4 Å². The molecule has 1 aliphatic carbocycles. The molecule has 0 aromatic heterocycles. The van der Waals surface area contributed by atoms with Crippen LogP contribution in [0, 0.1) is 0 Å². The predicted molar refractivity (Wildman–Crippen MR) is 48.2 cm³/mol. The Morgan fingerprint density at radius 1 is 0.786 bits per heavy atom. The first-order valence-corrected chi connectivity index (χ1v) is 4.48. The minimum atomic E-state index is -1.48. The van der Waals surface area contributed by atoms with E-state index in [0.717, 1.165) is 24.0 Å². The van der Waals surface area contributed by atoms with Crippen LogP contribution in [0.15, 0.2) is 12.1 Å². The molecule has 4 heteroatoms. The second-order valence-electron chi connectivity index (χ2n) is 3.45. The second kappa shape index (κ2) is 3.33. The van der Waals surface area contributed by atoms with Crippen molar-refractivity contribution in [2.75, 3.05) is 0 Å². The highest BCUT2D eigenvalue weighted by molar-refractivity contribution is 5.48. The van der Waals surface area contributed by atoms with Crippen molar-refractivity contribution in [1.29, 1.82) is 0 Å². The Kier molecular flexibility index (Phi) is 2.28. The van der Waals surface area contributed by atoms with Crippen LogP contribution in [0.4, 0.5) is 0 Å². The lowest BCUT2D eigenvalue weighted by Gasteiger charge is -2.27. The number of hydrogen-bond acceptors (Lipinski definition) is 4. The smallest absolute Gasteiger partial charge is 0.178 e. The average molecular weight is 196 g/mol. The Bertz CT molecular complexity index is 322. The number of aliphatic hydroxyl groups excluding tert-OH is 2. The van der Waals surface area contributed by atoms with Gasteiger partial charge in [0.15, 0.2) is 12.6 Å². The number of benzene rings is 1. The fourth-order valence-corrected chi connectivity index (χ4v) is 1.88. The number of rotatable bonds is 2. The standard InChI is InChI=1S/C10H12O4/c11-9(12)7-3-4-8(10(13)14)6-2-1-5(6)7/h3-4,9-14H,1-2H2. The van der Waals surface area contributed by atoms with E-state index in [1.807, 2.05) is 0 Å². The van der Waals surface area contributed by atoms with E-state index in [-0.39, 0.29) is 0 Å². The van der Waals surface area contributed by atoms with Crippen molar-refractivity contribution in [2.45, 2.75) is 25.4 Å². The lowest BCUT2D eigenvalue weighted by molar-refractivity contribution is -0.0475. The molecule has 0 fully saturated rings. The van der Waals surface area contributed by atoms with Crippen LogP contribution >= 0.6 is 0 Å². The van der Waals surface area contributed by atoms with E-state index in [1.54, 1.807) is 0 Å². The van der Waals surface area contributed by atoms with Gasteiger partial charge in [-0.3, -0.25) is 0 Å². The molecule has 0 unspecified atom stereocenters. The number of fused-ring (bicyclic) bond motifs is 1. The van der Waals surface area contributed by atoms with Crippen LogP contribution in [0.25, 0.3) is 0 Å². The zero-order valence-electron chi connectivity index (χ0n) is 7.51. The highest BCUT2D eigenvalue weighted by atomic mass is 16.5. The van der Waals surface area contributed by atoms with E-state index in [9.17, 15) is 0 Å². The summed E-state index contributed by atoms with van der Waals surface area (Å²) in [6.45, 7) is 0. The highest BCUT2D eigenvalue weighted by Crippen LogP contribution is 2.34. The van der Waals surface area contributed by atoms with Gasteiger partial charge in [0, 0.05) is 11.1 Å². The molecular formula is C10H12O4. The van der Waals surface area contributed by atoms with Crippen molar-refractivity contribution in [3.63, 3.8) is 0 Å². The van der Waals surface area contributed by atoms with Crippen molar-refractivity contribution >= 4 is 0 Å². The number of hydrogen-bond donors (Lipinski definition) is 4. The van der Waals surface area contributed by atoms with Crippen LogP contribution < -0.4 is 0 Å². The van der Waals surface area contributed by atoms with Crippen molar-refractivity contribution in [2.24, 2.45) is 0 Å². The van der Waals surface area contributed by atoms with Gasteiger partial charge in [0.2, 0.25) is 0 Å². The third kappa shape index (κ3) is 1.33. The predicted octanol–water partition coefficient (Wildman–Crippen LogP) is -0.248. The molecule has 1 aromatic carbocycles. The maximum Gasteiger partial charge on any atom is 0.178 e. The minimum absolute atomic E-state index is 0.468. The monoisotopic (exact) mass is 196 g/mol. The first-order valence-electron chi connectivity index (χ1n) is 4.48. The first kappa shape index (κ1) is 9.61. The molecule has 76 valence electrons. The third-order valence-corrected chi connectivity index (χ3v) is 2.68. The van der Waals surface area contributed by atoms with Gasteiger partial charge >= 0.3 is 0 Å². The molecule has 4 N–H and O–H groups in total. The van der Waals surface area contributed by atoms with Gasteiger partial charge in [0.1, 0.15) is 0 Å². The molecule has 1 aromatic rings. The molecule has 0 radical (unpaired) electrons. The summed E-state index contributed by atoms with van der Waals surface area (Å²) < 4.78 is 0. The van der Waals surface area contributed by atoms with E-state index < -0.39 is 12.6 Å².